The molecule has 2 aliphatic rings. The second-order valence-electron chi connectivity index (χ2n) is 7.91. The lowest BCUT2D eigenvalue weighted by molar-refractivity contribution is 0.238. The van der Waals surface area contributed by atoms with Crippen LogP contribution in [0.15, 0.2) is 54.6 Å². The lowest BCUT2D eigenvalue weighted by Crippen LogP contribution is -2.25. The molecule has 1 aliphatic carbocycles. The van der Waals surface area contributed by atoms with Crippen molar-refractivity contribution in [3.8, 4) is 5.75 Å². The molecule has 2 heteroatoms. The smallest absolute Gasteiger partial charge is 0.119 e. The molecule has 0 atom stereocenters. The monoisotopic (exact) mass is 361 g/mol. The highest BCUT2D eigenvalue weighted by Crippen LogP contribution is 2.38. The Kier molecular flexibility index (Phi) is 6.26. The number of likely N-dealkylation sites (tertiary alicyclic amines) is 1. The highest BCUT2D eigenvalue weighted by atomic mass is 16.5. The molecule has 0 bridgehead atoms. The highest BCUT2D eigenvalue weighted by Gasteiger charge is 2.20. The van der Waals surface area contributed by atoms with Gasteiger partial charge in [-0.3, -0.25) is 4.90 Å². The average Bonchev–Trinajstić information content (AvgIpc) is 3.42. The molecule has 27 heavy (non-hydrogen) atoms. The van der Waals surface area contributed by atoms with Crippen molar-refractivity contribution in [2.45, 2.75) is 38.5 Å². The molecule has 1 saturated heterocycles. The van der Waals surface area contributed by atoms with Crippen LogP contribution in [0.2, 0.25) is 0 Å². The van der Waals surface area contributed by atoms with Crippen molar-refractivity contribution in [2.24, 2.45) is 5.92 Å². The van der Waals surface area contributed by atoms with E-state index in [1.807, 2.05) is 0 Å². The van der Waals surface area contributed by atoms with Crippen LogP contribution in [0.4, 0.5) is 0 Å². The Morgan fingerprint density at radius 2 is 1.59 bits per heavy atom. The fourth-order valence-electron chi connectivity index (χ4n) is 4.44. The van der Waals surface area contributed by atoms with Gasteiger partial charge in [0.25, 0.3) is 0 Å². The van der Waals surface area contributed by atoms with E-state index < -0.39 is 0 Å². The van der Waals surface area contributed by atoms with E-state index in [0.717, 1.165) is 18.9 Å². The van der Waals surface area contributed by atoms with E-state index in [1.54, 1.807) is 0 Å². The lowest BCUT2D eigenvalue weighted by Gasteiger charge is -2.17. The summed E-state index contributed by atoms with van der Waals surface area (Å²) >= 11 is 0. The summed E-state index contributed by atoms with van der Waals surface area (Å²) in [7, 11) is 0. The zero-order chi connectivity index (χ0) is 18.3. The number of allylic oxidation sites excluding steroid dienone is 1. The van der Waals surface area contributed by atoms with Crippen LogP contribution in [0.5, 0.6) is 5.75 Å². The SMILES string of the molecule is C(=C(c1ccc(OCCN2CCCC2)cc1)C1CCCC1)c1ccccc1. The predicted octanol–water partition coefficient (Wildman–Crippen LogP) is 5.89. The first kappa shape index (κ1) is 18.3. The Morgan fingerprint density at radius 3 is 2.30 bits per heavy atom. The summed E-state index contributed by atoms with van der Waals surface area (Å²) in [5, 5.41) is 0. The van der Waals surface area contributed by atoms with Crippen LogP contribution in [-0.2, 0) is 0 Å². The Hall–Kier alpha value is -2.06. The normalized spacial score (nSPS) is 18.9. The summed E-state index contributed by atoms with van der Waals surface area (Å²) in [6.45, 7) is 4.30. The molecule has 0 N–H and O–H groups in total. The van der Waals surface area contributed by atoms with Crippen molar-refractivity contribution in [2.75, 3.05) is 26.2 Å². The van der Waals surface area contributed by atoms with Crippen molar-refractivity contribution < 1.29 is 4.74 Å². The fourth-order valence-corrected chi connectivity index (χ4v) is 4.44. The maximum Gasteiger partial charge on any atom is 0.119 e. The minimum atomic E-state index is 0.687. The minimum Gasteiger partial charge on any atom is -0.492 e. The largest absolute Gasteiger partial charge is 0.492 e. The van der Waals surface area contributed by atoms with Crippen molar-refractivity contribution in [3.63, 3.8) is 0 Å². The quantitative estimate of drug-likeness (QED) is 0.570. The van der Waals surface area contributed by atoms with E-state index in [-0.39, 0.29) is 0 Å². The minimum absolute atomic E-state index is 0.687. The Balaban J connectivity index is 1.44. The van der Waals surface area contributed by atoms with Crippen LogP contribution in [0.1, 0.15) is 49.7 Å². The number of ether oxygens (including phenoxy) is 1. The third-order valence-electron chi connectivity index (χ3n) is 5.98. The molecule has 2 aromatic carbocycles. The van der Waals surface area contributed by atoms with Gasteiger partial charge in [0, 0.05) is 6.54 Å². The average molecular weight is 362 g/mol. The van der Waals surface area contributed by atoms with Crippen LogP contribution in [0.25, 0.3) is 11.6 Å². The van der Waals surface area contributed by atoms with E-state index in [0.29, 0.717) is 5.92 Å². The summed E-state index contributed by atoms with van der Waals surface area (Å²) in [6.07, 6.45) is 10.4. The molecule has 0 unspecified atom stereocenters. The van der Waals surface area contributed by atoms with Crippen LogP contribution >= 0.6 is 0 Å². The number of benzene rings is 2. The number of rotatable bonds is 7. The molecular formula is C25H31NO. The first-order valence-corrected chi connectivity index (χ1v) is 10.6. The molecule has 2 fully saturated rings. The topological polar surface area (TPSA) is 12.5 Å². The summed E-state index contributed by atoms with van der Waals surface area (Å²) in [5.74, 6) is 1.68. The van der Waals surface area contributed by atoms with Crippen molar-refractivity contribution >= 4 is 11.6 Å². The maximum atomic E-state index is 5.99. The molecule has 1 saturated carbocycles. The second-order valence-corrected chi connectivity index (χ2v) is 7.91. The van der Waals surface area contributed by atoms with Crippen LogP contribution in [0.3, 0.4) is 0 Å². The van der Waals surface area contributed by atoms with E-state index in [1.165, 1.54) is 68.3 Å². The van der Waals surface area contributed by atoms with Gasteiger partial charge in [-0.2, -0.15) is 0 Å². The van der Waals surface area contributed by atoms with E-state index in [4.69, 9.17) is 4.74 Å². The Labute approximate surface area is 163 Å². The molecule has 1 aliphatic heterocycles. The first-order chi connectivity index (χ1) is 13.4. The molecule has 142 valence electrons. The van der Waals surface area contributed by atoms with Crippen molar-refractivity contribution in [3.05, 3.63) is 65.7 Å². The highest BCUT2D eigenvalue weighted by molar-refractivity contribution is 5.83. The van der Waals surface area contributed by atoms with Gasteiger partial charge < -0.3 is 4.74 Å². The first-order valence-electron chi connectivity index (χ1n) is 10.6. The van der Waals surface area contributed by atoms with Gasteiger partial charge in [-0.15, -0.1) is 0 Å². The molecular weight excluding hydrogens is 330 g/mol. The lowest BCUT2D eigenvalue weighted by atomic mass is 9.89. The molecule has 0 radical (unpaired) electrons. The molecule has 0 amide bonds. The van der Waals surface area contributed by atoms with E-state index >= 15 is 0 Å². The number of hydrogen-bond donors (Lipinski definition) is 0. The molecule has 2 aromatic rings. The molecule has 4 rings (SSSR count). The summed E-state index contributed by atoms with van der Waals surface area (Å²) in [5.41, 5.74) is 4.13. The van der Waals surface area contributed by atoms with Gasteiger partial charge >= 0.3 is 0 Å². The van der Waals surface area contributed by atoms with Gasteiger partial charge in [0.15, 0.2) is 0 Å². The van der Waals surface area contributed by atoms with E-state index in [2.05, 4.69) is 65.6 Å². The van der Waals surface area contributed by atoms with Gasteiger partial charge in [0.05, 0.1) is 0 Å². The summed E-state index contributed by atoms with van der Waals surface area (Å²) in [6, 6.07) is 19.5. The van der Waals surface area contributed by atoms with Gasteiger partial charge in [0.1, 0.15) is 12.4 Å². The standard InChI is InChI=1S/C25H31NO/c1-2-8-21(9-3-1)20-25(22-10-4-5-11-22)23-12-14-24(15-13-23)27-19-18-26-16-6-7-17-26/h1-3,8-9,12-15,20,22H,4-7,10-11,16-19H2. The zero-order valence-electron chi connectivity index (χ0n) is 16.3. The number of hydrogen-bond acceptors (Lipinski definition) is 2. The van der Waals surface area contributed by atoms with Gasteiger partial charge in [-0.25, -0.2) is 0 Å². The summed E-state index contributed by atoms with van der Waals surface area (Å²) < 4.78 is 5.99. The predicted molar refractivity (Wildman–Crippen MR) is 114 cm³/mol. The zero-order valence-corrected chi connectivity index (χ0v) is 16.3. The van der Waals surface area contributed by atoms with Gasteiger partial charge in [-0.05, 0) is 73.5 Å². The molecule has 0 aromatic heterocycles. The maximum absolute atomic E-state index is 5.99. The third-order valence-corrected chi connectivity index (χ3v) is 5.98. The third kappa shape index (κ3) is 5.01. The molecule has 1 heterocycles. The molecule has 2 nitrogen and oxygen atoms in total. The van der Waals surface area contributed by atoms with Crippen LogP contribution in [0, 0.1) is 5.92 Å². The Morgan fingerprint density at radius 1 is 0.889 bits per heavy atom. The molecule has 0 spiro atoms. The van der Waals surface area contributed by atoms with Crippen LogP contribution < -0.4 is 4.74 Å². The van der Waals surface area contributed by atoms with Gasteiger partial charge in [-0.1, -0.05) is 61.4 Å². The van der Waals surface area contributed by atoms with E-state index in [9.17, 15) is 0 Å². The van der Waals surface area contributed by atoms with Gasteiger partial charge in [0.2, 0.25) is 0 Å². The second kappa shape index (κ2) is 9.23. The number of nitrogens with zero attached hydrogens (tertiary/aromatic N) is 1. The fraction of sp³-hybridized carbons (Fsp3) is 0.440. The van der Waals surface area contributed by atoms with Crippen molar-refractivity contribution in [1.29, 1.82) is 0 Å². The van der Waals surface area contributed by atoms with Crippen molar-refractivity contribution in [1.82, 2.24) is 4.90 Å². The summed E-state index contributed by atoms with van der Waals surface area (Å²) in [4.78, 5) is 2.50. The Bertz CT molecular complexity index is 723. The van der Waals surface area contributed by atoms with Crippen LogP contribution in [-0.4, -0.2) is 31.1 Å².